The highest BCUT2D eigenvalue weighted by atomic mass is 32.2. The number of carbonyl (C=O) groups is 1. The molecule has 0 bridgehead atoms. The lowest BCUT2D eigenvalue weighted by atomic mass is 10.2. The largest absolute Gasteiger partial charge is 0.484 e. The second-order valence-corrected chi connectivity index (χ2v) is 8.41. The molecule has 6 heteroatoms. The number of nitrogens with one attached hydrogen (secondary N) is 1. The highest BCUT2D eigenvalue weighted by Gasteiger charge is 2.16. The Morgan fingerprint density at radius 3 is 2.44 bits per heavy atom. The number of benzene rings is 2. The predicted octanol–water partition coefficient (Wildman–Crippen LogP) is 4.39. The minimum absolute atomic E-state index is 0.0343. The minimum atomic E-state index is -0.285. The van der Waals surface area contributed by atoms with Crippen LogP contribution >= 0.6 is 23.5 Å². The summed E-state index contributed by atoms with van der Waals surface area (Å²) in [6.45, 7) is 0.324. The fourth-order valence-corrected chi connectivity index (χ4v) is 5.30. The molecule has 1 aliphatic heterocycles. The third-order valence-electron chi connectivity index (χ3n) is 3.75. The van der Waals surface area contributed by atoms with Gasteiger partial charge in [0.25, 0.3) is 5.91 Å². The van der Waals surface area contributed by atoms with Crippen molar-refractivity contribution in [1.29, 1.82) is 0 Å². The van der Waals surface area contributed by atoms with Gasteiger partial charge < -0.3 is 10.1 Å². The summed E-state index contributed by atoms with van der Waals surface area (Å²) in [5.74, 6) is 2.62. The number of rotatable bonds is 6. The van der Waals surface area contributed by atoms with Gasteiger partial charge in [0.2, 0.25) is 0 Å². The smallest absolute Gasteiger partial charge is 0.258 e. The van der Waals surface area contributed by atoms with Crippen LogP contribution in [0.4, 0.5) is 4.39 Å². The van der Waals surface area contributed by atoms with Crippen molar-refractivity contribution in [2.24, 2.45) is 0 Å². The van der Waals surface area contributed by atoms with E-state index in [1.807, 2.05) is 35.7 Å². The Bertz CT molecular complexity index is 686. The summed E-state index contributed by atoms with van der Waals surface area (Å²) in [4.78, 5) is 11.9. The van der Waals surface area contributed by atoms with E-state index in [-0.39, 0.29) is 18.3 Å². The molecule has 0 spiro atoms. The first kappa shape index (κ1) is 18.1. The molecule has 0 unspecified atom stereocenters. The molecule has 0 saturated carbocycles. The maximum Gasteiger partial charge on any atom is 0.258 e. The second-order valence-electron chi connectivity index (χ2n) is 5.69. The molecule has 2 aromatic carbocycles. The van der Waals surface area contributed by atoms with Gasteiger partial charge in [-0.25, -0.2) is 4.39 Å². The van der Waals surface area contributed by atoms with Gasteiger partial charge in [-0.15, -0.1) is 23.5 Å². The van der Waals surface area contributed by atoms with Gasteiger partial charge in [-0.2, -0.15) is 0 Å². The number of amides is 1. The fourth-order valence-electron chi connectivity index (χ4n) is 2.40. The number of hydrogen-bond acceptors (Lipinski definition) is 4. The molecule has 0 aliphatic carbocycles. The highest BCUT2D eigenvalue weighted by Crippen LogP contribution is 2.43. The van der Waals surface area contributed by atoms with Crippen molar-refractivity contribution < 1.29 is 13.9 Å². The average Bonchev–Trinajstić information content (AvgIpc) is 2.67. The molecule has 1 saturated heterocycles. The number of ether oxygens (including phenoxy) is 1. The van der Waals surface area contributed by atoms with E-state index in [4.69, 9.17) is 4.74 Å². The van der Waals surface area contributed by atoms with Crippen LogP contribution in [0.1, 0.15) is 22.1 Å². The molecule has 0 atom stereocenters. The first-order valence-electron chi connectivity index (χ1n) is 8.18. The summed E-state index contributed by atoms with van der Waals surface area (Å²) in [5, 5.41) is 2.76. The van der Waals surface area contributed by atoms with E-state index in [0.29, 0.717) is 16.9 Å². The van der Waals surface area contributed by atoms with Crippen LogP contribution in [-0.2, 0) is 11.3 Å². The summed E-state index contributed by atoms with van der Waals surface area (Å²) in [6.07, 6.45) is 1.28. The number of hydrogen-bond donors (Lipinski definition) is 1. The molecule has 1 aliphatic rings. The molecule has 3 nitrogen and oxygen atoms in total. The van der Waals surface area contributed by atoms with Crippen molar-refractivity contribution >= 4 is 29.4 Å². The molecule has 3 rings (SSSR count). The zero-order chi connectivity index (χ0) is 17.5. The van der Waals surface area contributed by atoms with Crippen molar-refractivity contribution in [3.8, 4) is 5.75 Å². The van der Waals surface area contributed by atoms with Crippen molar-refractivity contribution in [3.63, 3.8) is 0 Å². The van der Waals surface area contributed by atoms with Crippen LogP contribution in [-0.4, -0.2) is 24.0 Å². The highest BCUT2D eigenvalue weighted by molar-refractivity contribution is 8.16. The number of halogens is 1. The zero-order valence-corrected chi connectivity index (χ0v) is 15.4. The van der Waals surface area contributed by atoms with Gasteiger partial charge in [-0.1, -0.05) is 24.3 Å². The molecule has 2 aromatic rings. The molecule has 0 radical (unpaired) electrons. The Kier molecular flexibility index (Phi) is 6.64. The lowest BCUT2D eigenvalue weighted by Crippen LogP contribution is -2.28. The molecule has 0 aromatic heterocycles. The van der Waals surface area contributed by atoms with E-state index < -0.39 is 0 Å². The molecule has 132 valence electrons. The Morgan fingerprint density at radius 1 is 1.08 bits per heavy atom. The molecule has 25 heavy (non-hydrogen) atoms. The summed E-state index contributed by atoms with van der Waals surface area (Å²) in [6, 6.07) is 14.0. The topological polar surface area (TPSA) is 38.3 Å². The van der Waals surface area contributed by atoms with Gasteiger partial charge in [0.15, 0.2) is 6.61 Å². The molecule has 1 heterocycles. The lowest BCUT2D eigenvalue weighted by molar-refractivity contribution is -0.123. The Hall–Kier alpha value is -1.66. The normalized spacial score (nSPS) is 14.9. The van der Waals surface area contributed by atoms with Crippen molar-refractivity contribution in [2.75, 3.05) is 18.1 Å². The van der Waals surface area contributed by atoms with Gasteiger partial charge >= 0.3 is 0 Å². The van der Waals surface area contributed by atoms with Crippen LogP contribution < -0.4 is 10.1 Å². The van der Waals surface area contributed by atoms with Crippen LogP contribution in [0.3, 0.4) is 0 Å². The SMILES string of the molecule is O=C(COc1ccc(C2SCCCS2)cc1)NCc1ccc(F)cc1. The van der Waals surface area contributed by atoms with Crippen molar-refractivity contribution in [3.05, 3.63) is 65.5 Å². The van der Waals surface area contributed by atoms with Crippen molar-refractivity contribution in [1.82, 2.24) is 5.32 Å². The maximum absolute atomic E-state index is 12.8. The van der Waals surface area contributed by atoms with E-state index in [9.17, 15) is 9.18 Å². The minimum Gasteiger partial charge on any atom is -0.484 e. The predicted molar refractivity (Wildman–Crippen MR) is 102 cm³/mol. The first-order chi connectivity index (χ1) is 12.2. The van der Waals surface area contributed by atoms with Gasteiger partial charge in [0, 0.05) is 6.54 Å². The molecule has 1 amide bonds. The van der Waals surface area contributed by atoms with Gasteiger partial charge in [0.1, 0.15) is 11.6 Å². The molecular formula is C19H20FNO2S2. The van der Waals surface area contributed by atoms with E-state index in [0.717, 1.165) is 5.56 Å². The zero-order valence-electron chi connectivity index (χ0n) is 13.7. The van der Waals surface area contributed by atoms with E-state index in [1.165, 1.54) is 35.6 Å². The van der Waals surface area contributed by atoms with Gasteiger partial charge in [-0.3, -0.25) is 4.79 Å². The first-order valence-corrected chi connectivity index (χ1v) is 10.3. The summed E-state index contributed by atoms with van der Waals surface area (Å²) in [5.41, 5.74) is 2.14. The fraction of sp³-hybridized carbons (Fsp3) is 0.316. The second kappa shape index (κ2) is 9.15. The van der Waals surface area contributed by atoms with Gasteiger partial charge in [0.05, 0.1) is 4.58 Å². The summed E-state index contributed by atoms with van der Waals surface area (Å²) in [7, 11) is 0. The molecular weight excluding hydrogens is 357 g/mol. The third-order valence-corrected chi connectivity index (χ3v) is 6.77. The van der Waals surface area contributed by atoms with E-state index in [1.54, 1.807) is 12.1 Å². The monoisotopic (exact) mass is 377 g/mol. The van der Waals surface area contributed by atoms with Crippen LogP contribution in [0, 0.1) is 5.82 Å². The van der Waals surface area contributed by atoms with Crippen LogP contribution in [0.15, 0.2) is 48.5 Å². The molecule has 1 fully saturated rings. The third kappa shape index (κ3) is 5.68. The quantitative estimate of drug-likeness (QED) is 0.810. The maximum atomic E-state index is 12.8. The Balaban J connectivity index is 1.43. The summed E-state index contributed by atoms with van der Waals surface area (Å²) >= 11 is 3.96. The lowest BCUT2D eigenvalue weighted by Gasteiger charge is -2.21. The Labute approximate surface area is 155 Å². The standard InChI is InChI=1S/C19H20FNO2S2/c20-16-6-2-14(3-7-16)12-21-18(22)13-23-17-8-4-15(5-9-17)19-24-10-1-11-25-19/h2-9,19H,1,10-13H2,(H,21,22). The van der Waals surface area contributed by atoms with Gasteiger partial charge in [-0.05, 0) is 53.3 Å². The van der Waals surface area contributed by atoms with E-state index >= 15 is 0 Å². The van der Waals surface area contributed by atoms with Crippen molar-refractivity contribution in [2.45, 2.75) is 17.5 Å². The van der Waals surface area contributed by atoms with E-state index in [2.05, 4.69) is 17.4 Å². The van der Waals surface area contributed by atoms with Crippen LogP contribution in [0.5, 0.6) is 5.75 Å². The number of carbonyl (C=O) groups excluding carboxylic acids is 1. The molecule has 1 N–H and O–H groups in total. The average molecular weight is 378 g/mol. The number of thioether (sulfide) groups is 2. The van der Waals surface area contributed by atoms with Crippen LogP contribution in [0.25, 0.3) is 0 Å². The summed E-state index contributed by atoms with van der Waals surface area (Å²) < 4.78 is 18.9. The Morgan fingerprint density at radius 2 is 1.76 bits per heavy atom. The van der Waals surface area contributed by atoms with Crippen LogP contribution in [0.2, 0.25) is 0 Å².